The van der Waals surface area contributed by atoms with Crippen LogP contribution in [0.15, 0.2) is 63.6 Å². The number of hydrogen-bond donors (Lipinski definition) is 3. The molecule has 7 nitrogen and oxygen atoms in total. The molecule has 9 heteroatoms. The number of carboxylic acid groups (broad SMARTS) is 3. The first-order chi connectivity index (χ1) is 14.6. The van der Waals surface area contributed by atoms with Crippen LogP contribution in [0.3, 0.4) is 0 Å². The zero-order valence-corrected chi connectivity index (χ0v) is 17.8. The van der Waals surface area contributed by atoms with Crippen LogP contribution in [0.1, 0.15) is 26.7 Å². The number of hydrogen-bond acceptors (Lipinski definition) is 5. The van der Waals surface area contributed by atoms with Gasteiger partial charge >= 0.3 is 17.9 Å². The van der Waals surface area contributed by atoms with Crippen molar-refractivity contribution < 1.29 is 38.8 Å². The number of benzene rings is 1. The van der Waals surface area contributed by atoms with Crippen molar-refractivity contribution in [3.63, 3.8) is 0 Å². The van der Waals surface area contributed by atoms with Gasteiger partial charge in [-0.25, -0.2) is 4.39 Å². The van der Waals surface area contributed by atoms with Crippen molar-refractivity contribution in [2.75, 3.05) is 6.61 Å². The van der Waals surface area contributed by atoms with Crippen LogP contribution in [0.4, 0.5) is 4.39 Å². The molecule has 31 heavy (non-hydrogen) atoms. The molecule has 0 spiro atoms. The Labute approximate surface area is 182 Å². The molecule has 0 radical (unpaired) electrons. The fraction of sp³-hybridized carbons (Fsp3) is 0.318. The maximum absolute atomic E-state index is 13.4. The maximum atomic E-state index is 13.4. The number of rotatable bonds is 8. The summed E-state index contributed by atoms with van der Waals surface area (Å²) in [5.74, 6) is -6.89. The summed E-state index contributed by atoms with van der Waals surface area (Å²) in [5, 5.41) is 28.6. The highest BCUT2D eigenvalue weighted by atomic mass is 32.2. The van der Waals surface area contributed by atoms with Crippen molar-refractivity contribution in [1.29, 1.82) is 0 Å². The van der Waals surface area contributed by atoms with Crippen molar-refractivity contribution in [2.45, 2.75) is 31.6 Å². The van der Waals surface area contributed by atoms with Crippen LogP contribution >= 0.6 is 11.8 Å². The molecule has 0 fully saturated rings. The van der Waals surface area contributed by atoms with Gasteiger partial charge in [0.25, 0.3) is 5.41 Å². The first-order valence-electron chi connectivity index (χ1n) is 9.43. The van der Waals surface area contributed by atoms with E-state index in [0.717, 1.165) is 4.91 Å². The number of aliphatic carboxylic acids is 3. The van der Waals surface area contributed by atoms with Crippen molar-refractivity contribution in [3.8, 4) is 0 Å². The van der Waals surface area contributed by atoms with Crippen LogP contribution in [-0.2, 0) is 19.1 Å². The quantitative estimate of drug-likeness (QED) is 0.304. The summed E-state index contributed by atoms with van der Waals surface area (Å²) in [6.45, 7) is 3.45. The second-order valence-electron chi connectivity index (χ2n) is 6.93. The van der Waals surface area contributed by atoms with Crippen molar-refractivity contribution >= 4 is 29.7 Å². The molecular weight excluding hydrogens is 427 g/mol. The predicted octanol–water partition coefficient (Wildman–Crippen LogP) is 4.32. The normalized spacial score (nSPS) is 17.9. The highest BCUT2D eigenvalue weighted by Crippen LogP contribution is 2.40. The fourth-order valence-electron chi connectivity index (χ4n) is 3.35. The lowest BCUT2D eigenvalue weighted by Crippen LogP contribution is -2.52. The van der Waals surface area contributed by atoms with Gasteiger partial charge in [-0.15, -0.1) is 0 Å². The van der Waals surface area contributed by atoms with Gasteiger partial charge in [-0.05, 0) is 56.5 Å². The van der Waals surface area contributed by atoms with Crippen LogP contribution in [0.2, 0.25) is 0 Å². The first kappa shape index (κ1) is 24.2. The van der Waals surface area contributed by atoms with Gasteiger partial charge in [0.15, 0.2) is 0 Å². The third-order valence-electron chi connectivity index (χ3n) is 5.09. The fourth-order valence-corrected chi connectivity index (χ4v) is 4.19. The van der Waals surface area contributed by atoms with Gasteiger partial charge in [0.05, 0.1) is 12.4 Å². The molecule has 166 valence electrons. The van der Waals surface area contributed by atoms with Crippen LogP contribution in [0.25, 0.3) is 0 Å². The highest BCUT2D eigenvalue weighted by Gasteiger charge is 2.60. The van der Waals surface area contributed by atoms with Crippen LogP contribution in [-0.4, -0.2) is 39.8 Å². The maximum Gasteiger partial charge on any atom is 0.333 e. The number of thioether (sulfide) groups is 1. The van der Waals surface area contributed by atoms with E-state index in [0.29, 0.717) is 16.2 Å². The van der Waals surface area contributed by atoms with Crippen molar-refractivity contribution in [2.24, 2.45) is 11.3 Å². The van der Waals surface area contributed by atoms with Gasteiger partial charge in [-0.3, -0.25) is 14.4 Å². The Hall–Kier alpha value is -3.07. The van der Waals surface area contributed by atoms with Gasteiger partial charge in [0, 0.05) is 15.7 Å². The molecule has 1 aromatic rings. The molecule has 2 rings (SSSR count). The summed E-state index contributed by atoms with van der Waals surface area (Å²) < 4.78 is 19.0. The van der Waals surface area contributed by atoms with Gasteiger partial charge in [-0.2, -0.15) is 0 Å². The highest BCUT2D eigenvalue weighted by molar-refractivity contribution is 8.03. The lowest BCUT2D eigenvalue weighted by Gasteiger charge is -2.28. The minimum absolute atomic E-state index is 0.00204. The predicted molar refractivity (Wildman–Crippen MR) is 112 cm³/mol. The molecule has 1 aliphatic rings. The molecule has 0 aliphatic carbocycles. The summed E-state index contributed by atoms with van der Waals surface area (Å²) in [5.41, 5.74) is -2.48. The molecule has 1 unspecified atom stereocenters. The Morgan fingerprint density at radius 2 is 1.84 bits per heavy atom. The first-order valence-corrected chi connectivity index (χ1v) is 10.2. The molecule has 0 bridgehead atoms. The zero-order valence-electron chi connectivity index (χ0n) is 17.0. The van der Waals surface area contributed by atoms with E-state index in [1.165, 1.54) is 23.9 Å². The van der Waals surface area contributed by atoms with Gasteiger partial charge in [0.1, 0.15) is 5.82 Å². The van der Waals surface area contributed by atoms with Gasteiger partial charge < -0.3 is 20.1 Å². The molecule has 0 saturated heterocycles. The van der Waals surface area contributed by atoms with E-state index >= 15 is 0 Å². The summed E-state index contributed by atoms with van der Waals surface area (Å²) in [7, 11) is 0. The minimum Gasteiger partial charge on any atom is -0.498 e. The second-order valence-corrected chi connectivity index (χ2v) is 8.07. The molecule has 1 aromatic carbocycles. The molecule has 0 aromatic heterocycles. The average Bonchev–Trinajstić information content (AvgIpc) is 2.86. The number of carbonyl (C=O) groups is 3. The summed E-state index contributed by atoms with van der Waals surface area (Å²) >= 11 is 1.31. The largest absolute Gasteiger partial charge is 0.498 e. The monoisotopic (exact) mass is 450 g/mol. The zero-order chi connectivity index (χ0) is 23.2. The molecular formula is C22H23FO7S. The SMILES string of the molecule is C/C=C(\C=C/C1=C(C)OCCC(C(C(=O)O)(C(=O)O)C(=O)O)C1)Sc1cccc(F)c1. The third-order valence-corrected chi connectivity index (χ3v) is 6.19. The van der Waals surface area contributed by atoms with Crippen molar-refractivity contribution in [1.82, 2.24) is 0 Å². The van der Waals surface area contributed by atoms with Gasteiger partial charge in [-0.1, -0.05) is 30.0 Å². The van der Waals surface area contributed by atoms with E-state index in [2.05, 4.69) is 0 Å². The van der Waals surface area contributed by atoms with Crippen molar-refractivity contribution in [3.05, 3.63) is 64.5 Å². The van der Waals surface area contributed by atoms with Crippen LogP contribution in [0.5, 0.6) is 0 Å². The van der Waals surface area contributed by atoms with E-state index in [4.69, 9.17) is 4.74 Å². The van der Waals surface area contributed by atoms with E-state index in [1.54, 1.807) is 44.2 Å². The Morgan fingerprint density at radius 1 is 1.19 bits per heavy atom. The molecule has 3 N–H and O–H groups in total. The molecule has 0 amide bonds. The second kappa shape index (κ2) is 10.3. The lowest BCUT2D eigenvalue weighted by atomic mass is 9.71. The minimum atomic E-state index is -2.98. The van der Waals surface area contributed by atoms with E-state index in [1.807, 2.05) is 0 Å². The Kier molecular flexibility index (Phi) is 8.04. The summed E-state index contributed by atoms with van der Waals surface area (Å²) in [4.78, 5) is 36.7. The average molecular weight is 450 g/mol. The lowest BCUT2D eigenvalue weighted by molar-refractivity contribution is -0.180. The standard InChI is InChI=1S/C22H23FO7S/c1-3-17(31-18-6-4-5-16(23)12-18)8-7-14-11-15(9-10-30-13(14)2)22(19(24)25,20(26)27)21(28)29/h3-8,12,15H,9-11H2,1-2H3,(H,24,25)(H,26,27)(H,28,29)/b8-7-,17-3+. The molecule has 0 saturated carbocycles. The smallest absolute Gasteiger partial charge is 0.333 e. The third kappa shape index (κ3) is 5.35. The Bertz CT molecular complexity index is 928. The van der Waals surface area contributed by atoms with Gasteiger partial charge in [0.2, 0.25) is 0 Å². The Morgan fingerprint density at radius 3 is 2.39 bits per heavy atom. The molecule has 1 atom stereocenters. The Balaban J connectivity index is 2.33. The number of ether oxygens (including phenoxy) is 1. The summed E-state index contributed by atoms with van der Waals surface area (Å²) in [6.07, 6.45) is 5.01. The van der Waals surface area contributed by atoms with E-state index < -0.39 is 29.2 Å². The molecule has 1 aliphatic heterocycles. The van der Waals surface area contributed by atoms with E-state index in [9.17, 15) is 34.1 Å². The number of allylic oxidation sites excluding steroid dienone is 5. The van der Waals surface area contributed by atoms with Crippen LogP contribution < -0.4 is 0 Å². The number of halogens is 1. The van der Waals surface area contributed by atoms with Crippen LogP contribution in [0, 0.1) is 17.2 Å². The molecule has 1 heterocycles. The van der Waals surface area contributed by atoms with E-state index in [-0.39, 0.29) is 25.3 Å². The summed E-state index contributed by atoms with van der Waals surface area (Å²) in [6, 6.07) is 6.07. The topological polar surface area (TPSA) is 121 Å². The number of carboxylic acids is 3.